The number of rotatable bonds is 6. The third-order valence-corrected chi connectivity index (χ3v) is 2.84. The highest BCUT2D eigenvalue weighted by atomic mass is 35.5. The Labute approximate surface area is 116 Å². The van der Waals surface area contributed by atoms with Crippen molar-refractivity contribution in [1.82, 2.24) is 5.32 Å². The van der Waals surface area contributed by atoms with E-state index >= 15 is 0 Å². The average Bonchev–Trinajstić information content (AvgIpc) is 2.37. The Balaban J connectivity index is 2.63. The normalized spacial score (nSPS) is 13.4. The Morgan fingerprint density at radius 2 is 2.05 bits per heavy atom. The van der Waals surface area contributed by atoms with Crippen LogP contribution in [0.5, 0.6) is 5.75 Å². The van der Waals surface area contributed by atoms with Gasteiger partial charge in [0.2, 0.25) is 0 Å². The molecule has 1 aromatic carbocycles. The molecule has 2 N–H and O–H groups in total. The second-order valence-electron chi connectivity index (χ2n) is 4.00. The van der Waals surface area contributed by atoms with Gasteiger partial charge in [-0.25, -0.2) is 4.79 Å². The van der Waals surface area contributed by atoms with Gasteiger partial charge in [0.25, 0.3) is 5.91 Å². The molecule has 0 spiro atoms. The summed E-state index contributed by atoms with van der Waals surface area (Å²) in [7, 11) is 0. The average molecular weight is 286 g/mol. The number of para-hydroxylation sites is 1. The van der Waals surface area contributed by atoms with Gasteiger partial charge < -0.3 is 15.2 Å². The van der Waals surface area contributed by atoms with Gasteiger partial charge in [-0.3, -0.25) is 4.79 Å². The van der Waals surface area contributed by atoms with Gasteiger partial charge in [-0.05, 0) is 25.5 Å². The Hall–Kier alpha value is -1.75. The molecule has 104 valence electrons. The molecule has 0 bridgehead atoms. The van der Waals surface area contributed by atoms with E-state index in [0.717, 1.165) is 0 Å². The van der Waals surface area contributed by atoms with E-state index in [4.69, 9.17) is 21.4 Å². The first kappa shape index (κ1) is 15.3. The number of aliphatic carboxylic acids is 1. The van der Waals surface area contributed by atoms with E-state index in [0.29, 0.717) is 17.2 Å². The Morgan fingerprint density at radius 1 is 1.42 bits per heavy atom. The van der Waals surface area contributed by atoms with E-state index < -0.39 is 24.0 Å². The standard InChI is InChI=1S/C13H16ClNO4/c1-3-10(13(17)18)15-12(16)8(2)19-11-7-5-4-6-9(11)14/h4-8,10H,3H2,1-2H3,(H,15,16)(H,17,18). The molecule has 0 aliphatic carbocycles. The molecule has 1 amide bonds. The summed E-state index contributed by atoms with van der Waals surface area (Å²) in [6, 6.07) is 5.86. The molecule has 0 aliphatic rings. The molecule has 0 fully saturated rings. The number of hydrogen-bond donors (Lipinski definition) is 2. The lowest BCUT2D eigenvalue weighted by molar-refractivity contribution is -0.143. The number of ether oxygens (including phenoxy) is 1. The Bertz CT molecular complexity index is 464. The highest BCUT2D eigenvalue weighted by molar-refractivity contribution is 6.32. The van der Waals surface area contributed by atoms with Crippen molar-refractivity contribution in [1.29, 1.82) is 0 Å². The van der Waals surface area contributed by atoms with Crippen LogP contribution < -0.4 is 10.1 Å². The number of hydrogen-bond acceptors (Lipinski definition) is 3. The van der Waals surface area contributed by atoms with E-state index in [2.05, 4.69) is 5.32 Å². The number of carboxylic acids is 1. The second-order valence-corrected chi connectivity index (χ2v) is 4.41. The van der Waals surface area contributed by atoms with Crippen LogP contribution in [-0.2, 0) is 9.59 Å². The van der Waals surface area contributed by atoms with Gasteiger partial charge in [0.1, 0.15) is 11.8 Å². The number of halogens is 1. The second kappa shape index (κ2) is 6.99. The quantitative estimate of drug-likeness (QED) is 0.839. The minimum Gasteiger partial charge on any atom is -0.480 e. The zero-order valence-corrected chi connectivity index (χ0v) is 11.5. The van der Waals surface area contributed by atoms with Crippen LogP contribution in [0.1, 0.15) is 20.3 Å². The van der Waals surface area contributed by atoms with E-state index in [1.807, 2.05) is 0 Å². The van der Waals surface area contributed by atoms with Crippen LogP contribution in [0, 0.1) is 0 Å². The molecular formula is C13H16ClNO4. The maximum absolute atomic E-state index is 11.8. The van der Waals surface area contributed by atoms with E-state index in [1.165, 1.54) is 6.92 Å². The minimum atomic E-state index is -1.07. The molecule has 0 aromatic heterocycles. The van der Waals surface area contributed by atoms with E-state index in [1.54, 1.807) is 31.2 Å². The summed E-state index contributed by atoms with van der Waals surface area (Å²) in [5, 5.41) is 11.7. The van der Waals surface area contributed by atoms with Gasteiger partial charge in [-0.1, -0.05) is 30.7 Å². The zero-order valence-electron chi connectivity index (χ0n) is 10.7. The summed E-state index contributed by atoms with van der Waals surface area (Å²) in [4.78, 5) is 22.6. The van der Waals surface area contributed by atoms with Crippen molar-refractivity contribution in [2.45, 2.75) is 32.4 Å². The lowest BCUT2D eigenvalue weighted by Crippen LogP contribution is -2.45. The van der Waals surface area contributed by atoms with Gasteiger partial charge in [-0.15, -0.1) is 0 Å². The molecule has 6 heteroatoms. The number of amides is 1. The summed E-state index contributed by atoms with van der Waals surface area (Å²) in [6.45, 7) is 3.21. The van der Waals surface area contributed by atoms with Crippen LogP contribution in [0.25, 0.3) is 0 Å². The minimum absolute atomic E-state index is 0.305. The van der Waals surface area contributed by atoms with Gasteiger partial charge in [0, 0.05) is 0 Å². The number of carbonyl (C=O) groups is 2. The zero-order chi connectivity index (χ0) is 14.4. The van der Waals surface area contributed by atoms with Crippen molar-refractivity contribution in [2.75, 3.05) is 0 Å². The Morgan fingerprint density at radius 3 is 2.58 bits per heavy atom. The number of nitrogens with one attached hydrogen (secondary N) is 1. The molecule has 0 heterocycles. The molecular weight excluding hydrogens is 270 g/mol. The maximum atomic E-state index is 11.8. The fraction of sp³-hybridized carbons (Fsp3) is 0.385. The lowest BCUT2D eigenvalue weighted by atomic mass is 10.2. The maximum Gasteiger partial charge on any atom is 0.326 e. The summed E-state index contributed by atoms with van der Waals surface area (Å²) in [5.74, 6) is -1.18. The molecule has 2 unspecified atom stereocenters. The van der Waals surface area contributed by atoms with Gasteiger partial charge in [-0.2, -0.15) is 0 Å². The predicted octanol–water partition coefficient (Wildman–Crippen LogP) is 2.09. The molecule has 0 saturated heterocycles. The molecule has 1 aromatic rings. The van der Waals surface area contributed by atoms with Crippen molar-refractivity contribution in [2.24, 2.45) is 0 Å². The highest BCUT2D eigenvalue weighted by Gasteiger charge is 2.22. The van der Waals surface area contributed by atoms with Crippen LogP contribution in [0.3, 0.4) is 0 Å². The fourth-order valence-electron chi connectivity index (χ4n) is 1.41. The predicted molar refractivity (Wildman–Crippen MR) is 71.4 cm³/mol. The topological polar surface area (TPSA) is 75.6 Å². The van der Waals surface area contributed by atoms with Crippen molar-refractivity contribution in [3.05, 3.63) is 29.3 Å². The van der Waals surface area contributed by atoms with Crippen molar-refractivity contribution >= 4 is 23.5 Å². The monoisotopic (exact) mass is 285 g/mol. The highest BCUT2D eigenvalue weighted by Crippen LogP contribution is 2.24. The molecule has 0 saturated carbocycles. The first-order valence-electron chi connectivity index (χ1n) is 5.90. The lowest BCUT2D eigenvalue weighted by Gasteiger charge is -2.18. The van der Waals surface area contributed by atoms with Crippen molar-refractivity contribution < 1.29 is 19.4 Å². The largest absolute Gasteiger partial charge is 0.480 e. The SMILES string of the molecule is CCC(NC(=O)C(C)Oc1ccccc1Cl)C(=O)O. The molecule has 5 nitrogen and oxygen atoms in total. The first-order valence-corrected chi connectivity index (χ1v) is 6.27. The number of carbonyl (C=O) groups excluding carboxylic acids is 1. The smallest absolute Gasteiger partial charge is 0.326 e. The van der Waals surface area contributed by atoms with Gasteiger partial charge in [0.15, 0.2) is 6.10 Å². The third-order valence-electron chi connectivity index (χ3n) is 2.53. The van der Waals surface area contributed by atoms with E-state index in [9.17, 15) is 9.59 Å². The van der Waals surface area contributed by atoms with Crippen molar-refractivity contribution in [3.8, 4) is 5.75 Å². The molecule has 19 heavy (non-hydrogen) atoms. The molecule has 1 rings (SSSR count). The summed E-state index contributed by atoms with van der Waals surface area (Å²) in [6.07, 6.45) is -0.520. The number of benzene rings is 1. The van der Waals surface area contributed by atoms with Crippen LogP contribution in [0.15, 0.2) is 24.3 Å². The summed E-state index contributed by atoms with van der Waals surface area (Å²) < 4.78 is 5.40. The van der Waals surface area contributed by atoms with Gasteiger partial charge in [0.05, 0.1) is 5.02 Å². The Kier molecular flexibility index (Phi) is 5.63. The molecule has 0 radical (unpaired) electrons. The fourth-order valence-corrected chi connectivity index (χ4v) is 1.59. The van der Waals surface area contributed by atoms with Crippen LogP contribution in [0.4, 0.5) is 0 Å². The van der Waals surface area contributed by atoms with E-state index in [-0.39, 0.29) is 0 Å². The molecule has 0 aliphatic heterocycles. The third kappa shape index (κ3) is 4.44. The summed E-state index contributed by atoms with van der Waals surface area (Å²) in [5.41, 5.74) is 0. The van der Waals surface area contributed by atoms with Gasteiger partial charge >= 0.3 is 5.97 Å². The van der Waals surface area contributed by atoms with Crippen molar-refractivity contribution in [3.63, 3.8) is 0 Å². The molecule has 2 atom stereocenters. The summed E-state index contributed by atoms with van der Waals surface area (Å²) >= 11 is 5.91. The number of carboxylic acid groups (broad SMARTS) is 1. The van der Waals surface area contributed by atoms with Crippen LogP contribution in [-0.4, -0.2) is 29.1 Å². The van der Waals surface area contributed by atoms with Crippen LogP contribution in [0.2, 0.25) is 5.02 Å². The first-order chi connectivity index (χ1) is 8.95. The van der Waals surface area contributed by atoms with Crippen LogP contribution >= 0.6 is 11.6 Å².